The van der Waals surface area contributed by atoms with Gasteiger partial charge in [0.05, 0.1) is 0 Å². The minimum atomic E-state index is -0.233. The largest absolute Gasteiger partial charge is 0.341 e. The molecule has 2 N–H and O–H groups in total. The molecule has 2 aliphatic heterocycles. The molecule has 2 unspecified atom stereocenters. The Morgan fingerprint density at radius 2 is 1.64 bits per heavy atom. The van der Waals surface area contributed by atoms with Crippen LogP contribution in [0.3, 0.4) is 0 Å². The molecule has 22 heavy (non-hydrogen) atoms. The van der Waals surface area contributed by atoms with Gasteiger partial charge in [0.1, 0.15) is 11.9 Å². The van der Waals surface area contributed by atoms with Crippen molar-refractivity contribution in [2.75, 3.05) is 13.1 Å². The summed E-state index contributed by atoms with van der Waals surface area (Å²) in [5, 5.41) is 0. The summed E-state index contributed by atoms with van der Waals surface area (Å²) in [6.07, 6.45) is 6.65. The topological polar surface area (TPSA) is 44.4 Å². The van der Waals surface area contributed by atoms with Gasteiger partial charge < -0.3 is 4.90 Å². The highest BCUT2D eigenvalue weighted by Crippen LogP contribution is 2.24. The zero-order valence-corrected chi connectivity index (χ0v) is 12.9. The maximum absolute atomic E-state index is 13.0. The van der Waals surface area contributed by atoms with E-state index < -0.39 is 0 Å². The normalized spacial score (nSPS) is 26.5. The Balaban J connectivity index is 1.59. The van der Waals surface area contributed by atoms with Crippen LogP contribution in [0.2, 0.25) is 0 Å². The summed E-state index contributed by atoms with van der Waals surface area (Å²) in [6.45, 7) is 1.75. The van der Waals surface area contributed by atoms with Crippen LogP contribution >= 0.6 is 0 Å². The second-order valence-corrected chi connectivity index (χ2v) is 6.27. The number of likely N-dealkylation sites (tertiary alicyclic amines) is 1. The summed E-state index contributed by atoms with van der Waals surface area (Å²) >= 11 is 0. The number of carbonyl (C=O) groups is 1. The lowest BCUT2D eigenvalue weighted by Gasteiger charge is -2.27. The van der Waals surface area contributed by atoms with E-state index in [2.05, 4.69) is 10.9 Å². The summed E-state index contributed by atoms with van der Waals surface area (Å²) in [5.41, 5.74) is 7.30. The molecule has 3 rings (SSSR count). The molecular formula is C17H24FN3O. The molecular weight excluding hydrogens is 281 g/mol. The smallest absolute Gasteiger partial charge is 0.241 e. The van der Waals surface area contributed by atoms with Gasteiger partial charge in [-0.05, 0) is 37.0 Å². The highest BCUT2D eigenvalue weighted by Gasteiger charge is 2.32. The summed E-state index contributed by atoms with van der Waals surface area (Å²) in [6, 6.07) is 6.35. The van der Waals surface area contributed by atoms with Crippen molar-refractivity contribution < 1.29 is 9.18 Å². The Morgan fingerprint density at radius 1 is 1.00 bits per heavy atom. The molecule has 5 heteroatoms. The van der Waals surface area contributed by atoms with E-state index in [9.17, 15) is 9.18 Å². The van der Waals surface area contributed by atoms with Gasteiger partial charge in [0, 0.05) is 19.1 Å². The number of nitrogens with one attached hydrogen (secondary N) is 2. The maximum Gasteiger partial charge on any atom is 0.241 e. The minimum Gasteiger partial charge on any atom is -0.341 e. The molecule has 2 saturated heterocycles. The second-order valence-electron chi connectivity index (χ2n) is 6.27. The molecule has 2 aliphatic rings. The molecule has 1 aromatic carbocycles. The second kappa shape index (κ2) is 7.20. The average molecular weight is 305 g/mol. The molecule has 1 aromatic rings. The lowest BCUT2D eigenvalue weighted by atomic mass is 10.0. The monoisotopic (exact) mass is 305 g/mol. The van der Waals surface area contributed by atoms with Crippen LogP contribution in [0.15, 0.2) is 24.3 Å². The number of hydrazine groups is 1. The number of halogens is 1. The number of nitrogens with zero attached hydrogens (tertiary/aromatic N) is 1. The van der Waals surface area contributed by atoms with Gasteiger partial charge in [0.25, 0.3) is 0 Å². The van der Waals surface area contributed by atoms with E-state index in [1.165, 1.54) is 31.4 Å². The Bertz CT molecular complexity index is 497. The van der Waals surface area contributed by atoms with Crippen molar-refractivity contribution >= 4 is 5.91 Å². The van der Waals surface area contributed by atoms with Crippen LogP contribution in [0.5, 0.6) is 0 Å². The summed E-state index contributed by atoms with van der Waals surface area (Å²) in [4.78, 5) is 14.7. The van der Waals surface area contributed by atoms with Crippen LogP contribution in [0.1, 0.15) is 50.1 Å². The minimum absolute atomic E-state index is 0.0595. The molecule has 2 fully saturated rings. The predicted molar refractivity (Wildman–Crippen MR) is 83.5 cm³/mol. The van der Waals surface area contributed by atoms with E-state index in [0.717, 1.165) is 31.5 Å². The van der Waals surface area contributed by atoms with Gasteiger partial charge in [-0.15, -0.1) is 0 Å². The number of carbonyl (C=O) groups excluding carboxylic acids is 1. The number of hydrogen-bond donors (Lipinski definition) is 2. The third kappa shape index (κ3) is 3.65. The Labute approximate surface area is 131 Å². The summed E-state index contributed by atoms with van der Waals surface area (Å²) < 4.78 is 13.0. The first-order valence-corrected chi connectivity index (χ1v) is 8.29. The Morgan fingerprint density at radius 3 is 2.32 bits per heavy atom. The van der Waals surface area contributed by atoms with E-state index in [4.69, 9.17) is 0 Å². The third-order valence-corrected chi connectivity index (χ3v) is 4.64. The fourth-order valence-corrected chi connectivity index (χ4v) is 3.32. The highest BCUT2D eigenvalue weighted by atomic mass is 19.1. The molecule has 0 spiro atoms. The Hall–Kier alpha value is -1.46. The van der Waals surface area contributed by atoms with E-state index in [-0.39, 0.29) is 23.8 Å². The number of hydrogen-bond acceptors (Lipinski definition) is 3. The van der Waals surface area contributed by atoms with Gasteiger partial charge in [0.2, 0.25) is 5.91 Å². The van der Waals surface area contributed by atoms with Gasteiger partial charge in [-0.1, -0.05) is 31.4 Å². The predicted octanol–water partition coefficient (Wildman–Crippen LogP) is 2.53. The molecule has 0 bridgehead atoms. The number of amides is 1. The first-order chi connectivity index (χ1) is 10.7. The fourth-order valence-electron chi connectivity index (χ4n) is 3.32. The SMILES string of the molecule is O=C(C1CC(c2ccc(F)cc2)NN1)N1CCCCCCC1. The molecule has 2 atom stereocenters. The maximum atomic E-state index is 13.0. The molecule has 2 heterocycles. The van der Waals surface area contributed by atoms with Crippen molar-refractivity contribution in [1.82, 2.24) is 15.8 Å². The highest BCUT2D eigenvalue weighted by molar-refractivity contribution is 5.82. The lowest BCUT2D eigenvalue weighted by molar-refractivity contribution is -0.133. The van der Waals surface area contributed by atoms with Crippen LogP contribution in [0.4, 0.5) is 4.39 Å². The van der Waals surface area contributed by atoms with Gasteiger partial charge in [0.15, 0.2) is 0 Å². The van der Waals surface area contributed by atoms with Crippen molar-refractivity contribution in [3.8, 4) is 0 Å². The van der Waals surface area contributed by atoms with Crippen molar-refractivity contribution in [2.24, 2.45) is 0 Å². The van der Waals surface area contributed by atoms with E-state index >= 15 is 0 Å². The van der Waals surface area contributed by atoms with Gasteiger partial charge >= 0.3 is 0 Å². The molecule has 0 radical (unpaired) electrons. The lowest BCUT2D eigenvalue weighted by Crippen LogP contribution is -2.46. The van der Waals surface area contributed by atoms with E-state index in [1.54, 1.807) is 12.1 Å². The zero-order chi connectivity index (χ0) is 15.4. The molecule has 0 aliphatic carbocycles. The fraction of sp³-hybridized carbons (Fsp3) is 0.588. The van der Waals surface area contributed by atoms with Crippen LogP contribution in [0, 0.1) is 5.82 Å². The number of rotatable bonds is 2. The van der Waals surface area contributed by atoms with Crippen molar-refractivity contribution in [1.29, 1.82) is 0 Å². The molecule has 1 amide bonds. The Kier molecular flexibility index (Phi) is 5.05. The first-order valence-electron chi connectivity index (χ1n) is 8.29. The van der Waals surface area contributed by atoms with E-state index in [1.807, 2.05) is 4.90 Å². The van der Waals surface area contributed by atoms with Crippen LogP contribution in [0.25, 0.3) is 0 Å². The van der Waals surface area contributed by atoms with Gasteiger partial charge in [-0.25, -0.2) is 15.2 Å². The number of benzene rings is 1. The van der Waals surface area contributed by atoms with Crippen LogP contribution in [-0.4, -0.2) is 29.9 Å². The van der Waals surface area contributed by atoms with Crippen molar-refractivity contribution in [3.63, 3.8) is 0 Å². The molecule has 120 valence electrons. The average Bonchev–Trinajstić information content (AvgIpc) is 2.97. The summed E-state index contributed by atoms with van der Waals surface area (Å²) in [5.74, 6) is -0.0398. The van der Waals surface area contributed by atoms with E-state index in [0.29, 0.717) is 6.42 Å². The van der Waals surface area contributed by atoms with Gasteiger partial charge in [-0.3, -0.25) is 4.79 Å². The first kappa shape index (κ1) is 15.4. The van der Waals surface area contributed by atoms with Crippen LogP contribution < -0.4 is 10.9 Å². The summed E-state index contributed by atoms with van der Waals surface area (Å²) in [7, 11) is 0. The zero-order valence-electron chi connectivity index (χ0n) is 12.9. The standard InChI is InChI=1S/C17H24FN3O/c18-14-8-6-13(7-9-14)15-12-16(20-19-15)17(22)21-10-4-2-1-3-5-11-21/h6-9,15-16,19-20H,1-5,10-12H2. The molecule has 0 aromatic heterocycles. The van der Waals surface area contributed by atoms with Crippen molar-refractivity contribution in [2.45, 2.75) is 50.6 Å². The quantitative estimate of drug-likeness (QED) is 0.882. The third-order valence-electron chi connectivity index (χ3n) is 4.64. The van der Waals surface area contributed by atoms with Crippen molar-refractivity contribution in [3.05, 3.63) is 35.6 Å². The van der Waals surface area contributed by atoms with Gasteiger partial charge in [-0.2, -0.15) is 0 Å². The molecule has 0 saturated carbocycles. The van der Waals surface area contributed by atoms with Crippen LogP contribution in [-0.2, 0) is 4.79 Å². The molecule has 4 nitrogen and oxygen atoms in total.